The highest BCUT2D eigenvalue weighted by Gasteiger charge is 2.01. The van der Waals surface area contributed by atoms with Crippen LogP contribution in [0, 0.1) is 0 Å². The van der Waals surface area contributed by atoms with Gasteiger partial charge in [0, 0.05) is 0 Å². The van der Waals surface area contributed by atoms with Crippen LogP contribution in [0.15, 0.2) is 17.9 Å². The smallest absolute Gasteiger partial charge is 0.310 e. The molecule has 0 unspecified atom stereocenters. The highest BCUT2D eigenvalue weighted by molar-refractivity contribution is 5.72. The van der Waals surface area contributed by atoms with Crippen LogP contribution < -0.4 is 0 Å². The summed E-state index contributed by atoms with van der Waals surface area (Å²) in [7, 11) is 1.37. The van der Waals surface area contributed by atoms with E-state index in [0.717, 1.165) is 12.0 Å². The normalized spacial score (nSPS) is 8.20. The summed E-state index contributed by atoms with van der Waals surface area (Å²) in [5, 5.41) is 0. The van der Waals surface area contributed by atoms with Crippen molar-refractivity contribution in [3.8, 4) is 0 Å². The zero-order chi connectivity index (χ0) is 7.98. The summed E-state index contributed by atoms with van der Waals surface area (Å²) in [6.45, 7) is 5.40. The second kappa shape index (κ2) is 4.83. The van der Waals surface area contributed by atoms with Crippen molar-refractivity contribution in [2.45, 2.75) is 19.8 Å². The van der Waals surface area contributed by atoms with E-state index in [2.05, 4.69) is 17.0 Å². The largest absolute Gasteiger partial charge is 0.469 e. The number of hydrogen-bond acceptors (Lipinski definition) is 2. The molecule has 0 aromatic rings. The Bertz CT molecular complexity index is 164. The maximum atomic E-state index is 10.6. The van der Waals surface area contributed by atoms with Gasteiger partial charge in [-0.3, -0.25) is 4.79 Å². The zero-order valence-corrected chi connectivity index (χ0v) is 6.44. The summed E-state index contributed by atoms with van der Waals surface area (Å²) >= 11 is 0. The van der Waals surface area contributed by atoms with Gasteiger partial charge in [0.15, 0.2) is 0 Å². The highest BCUT2D eigenvalue weighted by Crippen LogP contribution is 2.04. The average molecular weight is 140 g/mol. The van der Waals surface area contributed by atoms with Crippen LogP contribution in [0.1, 0.15) is 19.8 Å². The van der Waals surface area contributed by atoms with Gasteiger partial charge in [-0.25, -0.2) is 0 Å². The minimum Gasteiger partial charge on any atom is -0.469 e. The molecule has 0 radical (unpaired) electrons. The van der Waals surface area contributed by atoms with Gasteiger partial charge in [-0.2, -0.15) is 0 Å². The number of methoxy groups -OCH3 is 1. The number of esters is 1. The van der Waals surface area contributed by atoms with Gasteiger partial charge in [-0.1, -0.05) is 13.5 Å². The molecule has 0 aromatic carbocycles. The standard InChI is InChI=1S/C8H12O2/c1-4-7(5-2)6-8(9)10-3/h1,5-6H2,2-3H3. The van der Waals surface area contributed by atoms with Crippen LogP contribution in [0.5, 0.6) is 0 Å². The molecule has 56 valence electrons. The summed E-state index contributed by atoms with van der Waals surface area (Å²) in [6, 6.07) is 0. The number of rotatable bonds is 3. The van der Waals surface area contributed by atoms with Crippen molar-refractivity contribution in [2.24, 2.45) is 0 Å². The molecule has 0 rings (SSSR count). The van der Waals surface area contributed by atoms with E-state index in [1.54, 1.807) is 0 Å². The first kappa shape index (κ1) is 8.99. The van der Waals surface area contributed by atoms with E-state index >= 15 is 0 Å². The van der Waals surface area contributed by atoms with Gasteiger partial charge in [0.05, 0.1) is 13.5 Å². The average Bonchev–Trinajstić information content (AvgIpc) is 1.99. The second-order valence-electron chi connectivity index (χ2n) is 1.89. The predicted octanol–water partition coefficient (Wildman–Crippen LogP) is 1.67. The number of carbonyl (C=O) groups excluding carboxylic acids is 1. The summed E-state index contributed by atoms with van der Waals surface area (Å²) in [6.07, 6.45) is 1.12. The van der Waals surface area contributed by atoms with Gasteiger partial charge in [0.2, 0.25) is 0 Å². The Morgan fingerprint density at radius 2 is 2.30 bits per heavy atom. The lowest BCUT2D eigenvalue weighted by Gasteiger charge is -1.97. The van der Waals surface area contributed by atoms with Crippen molar-refractivity contribution in [2.75, 3.05) is 7.11 Å². The molecule has 0 heterocycles. The quantitative estimate of drug-likeness (QED) is 0.440. The van der Waals surface area contributed by atoms with Crippen LogP contribution >= 0.6 is 0 Å². The van der Waals surface area contributed by atoms with E-state index < -0.39 is 0 Å². The molecule has 0 aliphatic rings. The Morgan fingerprint density at radius 3 is 2.60 bits per heavy atom. The second-order valence-corrected chi connectivity index (χ2v) is 1.89. The predicted molar refractivity (Wildman–Crippen MR) is 39.6 cm³/mol. The van der Waals surface area contributed by atoms with Crippen molar-refractivity contribution >= 4 is 5.97 Å². The van der Waals surface area contributed by atoms with Crippen LogP contribution in [-0.4, -0.2) is 13.1 Å². The third-order valence-electron chi connectivity index (χ3n) is 1.26. The topological polar surface area (TPSA) is 26.3 Å². The Kier molecular flexibility index (Phi) is 4.34. The van der Waals surface area contributed by atoms with Crippen LogP contribution in [0.4, 0.5) is 0 Å². The van der Waals surface area contributed by atoms with Gasteiger partial charge in [-0.15, -0.1) is 5.73 Å². The lowest BCUT2D eigenvalue weighted by molar-refractivity contribution is -0.139. The highest BCUT2D eigenvalue weighted by atomic mass is 16.5. The maximum absolute atomic E-state index is 10.6. The minimum absolute atomic E-state index is 0.229. The van der Waals surface area contributed by atoms with Gasteiger partial charge in [0.25, 0.3) is 0 Å². The van der Waals surface area contributed by atoms with Crippen molar-refractivity contribution in [3.05, 3.63) is 17.9 Å². The van der Waals surface area contributed by atoms with Crippen LogP contribution in [0.2, 0.25) is 0 Å². The monoisotopic (exact) mass is 140 g/mol. The van der Waals surface area contributed by atoms with E-state index in [0.29, 0.717) is 6.42 Å². The molecule has 0 aliphatic heterocycles. The molecule has 0 spiro atoms. The van der Waals surface area contributed by atoms with Crippen LogP contribution in [0.3, 0.4) is 0 Å². The molecule has 0 saturated carbocycles. The first-order valence-electron chi connectivity index (χ1n) is 3.19. The van der Waals surface area contributed by atoms with Crippen molar-refractivity contribution in [1.82, 2.24) is 0 Å². The molecule has 2 nitrogen and oxygen atoms in total. The number of hydrogen-bond donors (Lipinski definition) is 0. The molecule has 0 fully saturated rings. The van der Waals surface area contributed by atoms with Crippen molar-refractivity contribution in [1.29, 1.82) is 0 Å². The molecular formula is C8H12O2. The molecule has 0 amide bonds. The lowest BCUT2D eigenvalue weighted by Crippen LogP contribution is -2.00. The van der Waals surface area contributed by atoms with E-state index in [9.17, 15) is 4.79 Å². The zero-order valence-electron chi connectivity index (χ0n) is 6.44. The third-order valence-corrected chi connectivity index (χ3v) is 1.26. The maximum Gasteiger partial charge on any atom is 0.310 e. The summed E-state index contributed by atoms with van der Waals surface area (Å²) < 4.78 is 4.46. The fourth-order valence-electron chi connectivity index (χ4n) is 0.559. The minimum atomic E-state index is -0.229. The Morgan fingerprint density at radius 1 is 1.70 bits per heavy atom. The number of carbonyl (C=O) groups is 1. The van der Waals surface area contributed by atoms with Crippen LogP contribution in [0.25, 0.3) is 0 Å². The van der Waals surface area contributed by atoms with E-state index in [4.69, 9.17) is 0 Å². The molecule has 0 aliphatic carbocycles. The van der Waals surface area contributed by atoms with Gasteiger partial charge >= 0.3 is 5.97 Å². The summed E-state index contributed by atoms with van der Waals surface area (Å²) in [4.78, 5) is 10.6. The molecule has 0 bridgehead atoms. The first-order chi connectivity index (χ1) is 4.74. The fraction of sp³-hybridized carbons (Fsp3) is 0.500. The molecule has 0 saturated heterocycles. The van der Waals surface area contributed by atoms with Crippen LogP contribution in [-0.2, 0) is 9.53 Å². The summed E-state index contributed by atoms with van der Waals surface area (Å²) in [5.74, 6) is -0.229. The fourth-order valence-corrected chi connectivity index (χ4v) is 0.559. The van der Waals surface area contributed by atoms with Crippen molar-refractivity contribution in [3.63, 3.8) is 0 Å². The third kappa shape index (κ3) is 3.10. The van der Waals surface area contributed by atoms with Crippen molar-refractivity contribution < 1.29 is 9.53 Å². The van der Waals surface area contributed by atoms with E-state index in [1.165, 1.54) is 7.11 Å². The van der Waals surface area contributed by atoms with E-state index in [-0.39, 0.29) is 5.97 Å². The molecule has 2 heteroatoms. The van der Waals surface area contributed by atoms with Gasteiger partial charge in [0.1, 0.15) is 0 Å². The first-order valence-corrected chi connectivity index (χ1v) is 3.19. The molecule has 0 N–H and O–H groups in total. The lowest BCUT2D eigenvalue weighted by atomic mass is 10.1. The SMILES string of the molecule is C=C=C(CC)CC(=O)OC. The van der Waals surface area contributed by atoms with Gasteiger partial charge < -0.3 is 4.74 Å². The Hall–Kier alpha value is -1.01. The number of ether oxygens (including phenoxy) is 1. The van der Waals surface area contributed by atoms with Gasteiger partial charge in [-0.05, 0) is 12.0 Å². The van der Waals surface area contributed by atoms with E-state index in [1.807, 2.05) is 6.92 Å². The molecule has 10 heavy (non-hydrogen) atoms. The summed E-state index contributed by atoms with van der Waals surface area (Å²) in [5.41, 5.74) is 3.58. The molecule has 0 aromatic heterocycles. The Labute approximate surface area is 61.2 Å². The molecule has 0 atom stereocenters. The Balaban J connectivity index is 3.88. The molecular weight excluding hydrogens is 128 g/mol.